The lowest BCUT2D eigenvalue weighted by atomic mass is 9.63. The van der Waals surface area contributed by atoms with Crippen LogP contribution >= 0.6 is 11.6 Å². The number of allylic oxidation sites excluding steroid dienone is 1. The predicted octanol–water partition coefficient (Wildman–Crippen LogP) is 6.21. The molecule has 4 aliphatic heterocycles. The van der Waals surface area contributed by atoms with Crippen molar-refractivity contribution < 1.29 is 35.9 Å². The Labute approximate surface area is 390 Å². The molecule has 6 atom stereocenters. The normalized spacial score (nSPS) is 28.5. The van der Waals surface area contributed by atoms with Gasteiger partial charge in [-0.2, -0.15) is 0 Å². The molecule has 13 nitrogen and oxygen atoms in total. The van der Waals surface area contributed by atoms with E-state index in [4.69, 9.17) is 21.1 Å². The van der Waals surface area contributed by atoms with Crippen molar-refractivity contribution in [3.8, 4) is 5.75 Å². The molecular formula is C49H64ClN5O8S2. The lowest BCUT2D eigenvalue weighted by Gasteiger charge is -2.53. The van der Waals surface area contributed by atoms with Gasteiger partial charge < -0.3 is 19.3 Å². The summed E-state index contributed by atoms with van der Waals surface area (Å²) < 4.78 is 69.2. The Morgan fingerprint density at radius 1 is 0.938 bits per heavy atom. The average Bonchev–Trinajstić information content (AvgIpc) is 3.32. The van der Waals surface area contributed by atoms with Gasteiger partial charge in [-0.05, 0) is 117 Å². The van der Waals surface area contributed by atoms with Crippen molar-refractivity contribution in [2.75, 3.05) is 76.7 Å². The Bertz CT molecular complexity index is 2460. The molecule has 4 heterocycles. The largest absolute Gasteiger partial charge is 0.487 e. The van der Waals surface area contributed by atoms with Gasteiger partial charge in [0.1, 0.15) is 18.0 Å². The quantitative estimate of drug-likeness (QED) is 0.270. The van der Waals surface area contributed by atoms with E-state index in [0.717, 1.165) is 75.1 Å². The number of nitrogens with zero attached hydrogens (tertiary/aromatic N) is 4. The molecule has 3 fully saturated rings. The molecule has 352 valence electrons. The van der Waals surface area contributed by atoms with E-state index in [1.165, 1.54) is 0 Å². The molecule has 2 amide bonds. The number of carbonyl (C=O) groups is 2. The summed E-state index contributed by atoms with van der Waals surface area (Å²) >= 11 is 6.44. The number of sulfone groups is 1. The van der Waals surface area contributed by atoms with Gasteiger partial charge in [0.25, 0.3) is 5.91 Å². The zero-order valence-corrected chi connectivity index (χ0v) is 40.3. The smallest absolute Gasteiger partial charge is 0.264 e. The molecule has 3 aromatic rings. The third-order valence-electron chi connectivity index (χ3n) is 14.8. The van der Waals surface area contributed by atoms with Crippen LogP contribution < -0.4 is 14.4 Å². The molecule has 5 aliphatic rings. The number of sulfonamides is 1. The molecular weight excluding hydrogens is 886 g/mol. The standard InChI is InChI=1S/C49H64ClN5O8S2/c1-35-10-9-21-49(62-3,34-52-23-24-53-25-26-55(32-42(53)31-52)47(56)20-27-64(58,59)43-12-5-4-6-13-43)44-18-15-39(44)30-54-22-8-7-11-37-28-41(50)17-14-40(37)33-63-46-19-16-38(29-45(46)54)48(57)51-65(60,61)36(35)2/h4-6,9,12-14,16-17,19,21,28-29,35-36,39,42,44H,7-8,10-11,15,18,20,22-27,30-34H2,1-3H3,(H,51,57)/b21-9+/t35-,36+,39-,42-,44+,49+/m0/s1. The van der Waals surface area contributed by atoms with Gasteiger partial charge >= 0.3 is 0 Å². The molecule has 0 spiro atoms. The fourth-order valence-corrected chi connectivity index (χ4v) is 13.2. The summed E-state index contributed by atoms with van der Waals surface area (Å²) in [4.78, 5) is 36.6. The summed E-state index contributed by atoms with van der Waals surface area (Å²) in [6.45, 7) is 10.1. The van der Waals surface area contributed by atoms with Crippen LogP contribution in [0.3, 0.4) is 0 Å². The molecule has 1 aliphatic carbocycles. The molecule has 1 N–H and O–H groups in total. The van der Waals surface area contributed by atoms with Gasteiger partial charge in [0.15, 0.2) is 9.84 Å². The number of hydrogen-bond acceptors (Lipinski definition) is 11. The van der Waals surface area contributed by atoms with E-state index in [0.29, 0.717) is 56.5 Å². The number of aryl methyl sites for hydroxylation is 1. The zero-order chi connectivity index (χ0) is 45.9. The maximum absolute atomic E-state index is 13.8. The van der Waals surface area contributed by atoms with E-state index >= 15 is 0 Å². The molecule has 1 saturated carbocycles. The van der Waals surface area contributed by atoms with Crippen LogP contribution in [0.25, 0.3) is 0 Å². The zero-order valence-electron chi connectivity index (χ0n) is 37.9. The van der Waals surface area contributed by atoms with Crippen LogP contribution in [0.1, 0.15) is 73.9 Å². The summed E-state index contributed by atoms with van der Waals surface area (Å²) in [6, 6.07) is 19.5. The Morgan fingerprint density at radius 3 is 2.51 bits per heavy atom. The van der Waals surface area contributed by atoms with Gasteiger partial charge in [-0.3, -0.25) is 19.4 Å². The highest BCUT2D eigenvalue weighted by Gasteiger charge is 2.49. The number of rotatable bonds is 7. The molecule has 2 bridgehead atoms. The molecule has 0 unspecified atom stereocenters. The highest BCUT2D eigenvalue weighted by molar-refractivity contribution is 7.91. The van der Waals surface area contributed by atoms with Gasteiger partial charge in [0.2, 0.25) is 15.9 Å². The minimum atomic E-state index is -4.04. The number of ether oxygens (including phenoxy) is 2. The number of carbonyl (C=O) groups excluding carboxylic acids is 2. The second-order valence-corrected chi connectivity index (χ2v) is 23.4. The highest BCUT2D eigenvalue weighted by Crippen LogP contribution is 2.47. The van der Waals surface area contributed by atoms with Gasteiger partial charge in [-0.25, -0.2) is 21.6 Å². The maximum atomic E-state index is 13.8. The van der Waals surface area contributed by atoms with E-state index in [1.54, 1.807) is 62.6 Å². The van der Waals surface area contributed by atoms with Crippen molar-refractivity contribution in [1.29, 1.82) is 0 Å². The lowest BCUT2D eigenvalue weighted by molar-refractivity contribution is -0.136. The van der Waals surface area contributed by atoms with Crippen molar-refractivity contribution in [2.45, 2.75) is 87.2 Å². The number of halogens is 1. The van der Waals surface area contributed by atoms with E-state index in [1.807, 2.05) is 30.0 Å². The van der Waals surface area contributed by atoms with Crippen LogP contribution in [0.4, 0.5) is 5.69 Å². The van der Waals surface area contributed by atoms with Crippen LogP contribution in [0.15, 0.2) is 83.8 Å². The van der Waals surface area contributed by atoms with Crippen molar-refractivity contribution in [3.05, 3.63) is 101 Å². The fraction of sp³-hybridized carbons (Fsp3) is 0.551. The second-order valence-electron chi connectivity index (χ2n) is 18.8. The number of amides is 2. The van der Waals surface area contributed by atoms with Crippen molar-refractivity contribution in [1.82, 2.24) is 19.4 Å². The molecule has 2 saturated heterocycles. The third-order valence-corrected chi connectivity index (χ3v) is 18.7. The van der Waals surface area contributed by atoms with Crippen LogP contribution in [-0.2, 0) is 42.4 Å². The summed E-state index contributed by atoms with van der Waals surface area (Å²) in [5, 5.41) is -0.164. The van der Waals surface area contributed by atoms with Gasteiger partial charge in [-0.15, -0.1) is 0 Å². The number of nitrogens with one attached hydrogen (secondary N) is 1. The molecule has 0 radical (unpaired) electrons. The van der Waals surface area contributed by atoms with Gasteiger partial charge in [0, 0.05) is 89.1 Å². The molecule has 0 aromatic heterocycles. The van der Waals surface area contributed by atoms with Crippen LogP contribution in [0, 0.1) is 17.8 Å². The summed E-state index contributed by atoms with van der Waals surface area (Å²) in [6.07, 6.45) is 9.29. The summed E-state index contributed by atoms with van der Waals surface area (Å²) in [5.41, 5.74) is 2.53. The van der Waals surface area contributed by atoms with Gasteiger partial charge in [-0.1, -0.05) is 54.9 Å². The Morgan fingerprint density at radius 2 is 1.74 bits per heavy atom. The number of anilines is 1. The number of fused-ring (bicyclic) bond motifs is 4. The lowest BCUT2D eigenvalue weighted by Crippen LogP contribution is -2.65. The van der Waals surface area contributed by atoms with Crippen LogP contribution in [0.5, 0.6) is 5.75 Å². The average molecular weight is 951 g/mol. The minimum absolute atomic E-state index is 0.0591. The first-order valence-corrected chi connectivity index (χ1v) is 26.8. The van der Waals surface area contributed by atoms with Crippen LogP contribution in [-0.4, -0.2) is 132 Å². The van der Waals surface area contributed by atoms with Crippen LogP contribution in [0.2, 0.25) is 5.02 Å². The Kier molecular flexibility index (Phi) is 14.7. The molecule has 65 heavy (non-hydrogen) atoms. The van der Waals surface area contributed by atoms with E-state index < -0.39 is 36.6 Å². The monoisotopic (exact) mass is 949 g/mol. The topological polar surface area (TPSA) is 146 Å². The predicted molar refractivity (Wildman–Crippen MR) is 254 cm³/mol. The Balaban J connectivity index is 1.05. The number of benzene rings is 3. The van der Waals surface area contributed by atoms with E-state index in [9.17, 15) is 26.4 Å². The third kappa shape index (κ3) is 10.8. The first kappa shape index (κ1) is 47.5. The second kappa shape index (κ2) is 20.1. The van der Waals surface area contributed by atoms with E-state index in [2.05, 4.69) is 31.6 Å². The fourth-order valence-electron chi connectivity index (χ4n) is 10.5. The number of piperazine rings is 2. The first-order valence-electron chi connectivity index (χ1n) is 23.2. The Hall–Kier alpha value is -3.99. The summed E-state index contributed by atoms with van der Waals surface area (Å²) in [5.74, 6) is -0.324. The summed E-state index contributed by atoms with van der Waals surface area (Å²) in [7, 11) is -5.82. The van der Waals surface area contributed by atoms with Crippen molar-refractivity contribution >= 4 is 49.0 Å². The van der Waals surface area contributed by atoms with Crippen molar-refractivity contribution in [3.63, 3.8) is 0 Å². The van der Waals surface area contributed by atoms with Gasteiger partial charge in [0.05, 0.1) is 21.6 Å². The van der Waals surface area contributed by atoms with Crippen molar-refractivity contribution in [2.24, 2.45) is 17.8 Å². The number of methoxy groups -OCH3 is 1. The van der Waals surface area contributed by atoms with E-state index in [-0.39, 0.29) is 52.3 Å². The highest BCUT2D eigenvalue weighted by atomic mass is 35.5. The minimum Gasteiger partial charge on any atom is -0.487 e. The number of hydrogen-bond donors (Lipinski definition) is 1. The molecule has 8 rings (SSSR count). The first-order chi connectivity index (χ1) is 31.1. The molecule has 16 heteroatoms. The SMILES string of the molecule is CO[C@@]1(CN2CCN3CCN(C(=O)CCS(=O)(=O)c4ccccc4)C[C@@H]3C2)/C=C/C[C@H](C)[C@@H](C)S(=O)(=O)NC(=O)c2ccc3c(c2)N(CCCCc2cc(Cl)ccc2CO3)C[C@@H]2CC[C@H]21. The molecule has 3 aromatic carbocycles. The maximum Gasteiger partial charge on any atom is 0.264 e.